The molecule has 0 spiro atoms. The number of hydrogen-bond acceptors (Lipinski definition) is 10. The van der Waals surface area contributed by atoms with E-state index in [9.17, 15) is 37.6 Å². The van der Waals surface area contributed by atoms with Gasteiger partial charge in [0.2, 0.25) is 0 Å². The molecular weight excluding hydrogens is 600 g/mol. The van der Waals surface area contributed by atoms with Crippen molar-refractivity contribution in [3.63, 3.8) is 0 Å². The molecule has 2 heterocycles. The smallest absolute Gasteiger partial charge is 0.311 e. The van der Waals surface area contributed by atoms with Gasteiger partial charge in [0.05, 0.1) is 12.1 Å². The molecular formula is C31H35F2NO9S. The second-order valence-electron chi connectivity index (χ2n) is 11.1. The van der Waals surface area contributed by atoms with Crippen LogP contribution < -0.4 is 9.08 Å². The first-order valence-corrected chi connectivity index (χ1v) is 15.7. The van der Waals surface area contributed by atoms with Crippen LogP contribution in [0.2, 0.25) is 0 Å². The fourth-order valence-corrected chi connectivity index (χ4v) is 6.91. The van der Waals surface area contributed by atoms with Gasteiger partial charge in [-0.25, -0.2) is 8.78 Å². The average molecular weight is 636 g/mol. The second kappa shape index (κ2) is 13.4. The molecule has 2 saturated heterocycles. The average Bonchev–Trinajstić information content (AvgIpc) is 2.98. The van der Waals surface area contributed by atoms with Crippen LogP contribution in [0.15, 0.2) is 72.8 Å². The number of halogens is 2. The lowest BCUT2D eigenvalue weighted by Gasteiger charge is -2.50. The van der Waals surface area contributed by atoms with Crippen LogP contribution in [0.1, 0.15) is 36.1 Å². The molecule has 8 unspecified atom stereocenters. The lowest BCUT2D eigenvalue weighted by atomic mass is 9.79. The van der Waals surface area contributed by atoms with Crippen LogP contribution in [-0.4, -0.2) is 79.0 Å². The molecule has 0 aliphatic carbocycles. The van der Waals surface area contributed by atoms with Gasteiger partial charge in [-0.2, -0.15) is 8.42 Å². The van der Waals surface area contributed by atoms with Gasteiger partial charge in [0, 0.05) is 25.3 Å². The molecule has 0 saturated carbocycles. The highest BCUT2D eigenvalue weighted by Gasteiger charge is 2.46. The van der Waals surface area contributed by atoms with Crippen molar-refractivity contribution in [3.05, 3.63) is 95.6 Å². The fraction of sp³-hybridized carbons (Fsp3) is 0.419. The molecule has 2 aliphatic heterocycles. The van der Waals surface area contributed by atoms with Crippen molar-refractivity contribution in [2.24, 2.45) is 5.92 Å². The number of benzene rings is 3. The Labute approximate surface area is 254 Å². The van der Waals surface area contributed by atoms with Crippen molar-refractivity contribution in [1.29, 1.82) is 0 Å². The summed E-state index contributed by atoms with van der Waals surface area (Å²) in [5.74, 6) is -1.43. The Kier molecular flexibility index (Phi) is 9.85. The Hall–Kier alpha value is -3.17. The van der Waals surface area contributed by atoms with Crippen molar-refractivity contribution in [2.75, 3.05) is 24.3 Å². The maximum absolute atomic E-state index is 13.6. The van der Waals surface area contributed by atoms with Gasteiger partial charge in [-0.1, -0.05) is 24.3 Å². The van der Waals surface area contributed by atoms with E-state index in [1.807, 2.05) is 0 Å². The van der Waals surface area contributed by atoms with E-state index in [0.29, 0.717) is 24.9 Å². The maximum atomic E-state index is 13.6. The summed E-state index contributed by atoms with van der Waals surface area (Å²) in [6.07, 6.45) is -7.35. The summed E-state index contributed by atoms with van der Waals surface area (Å²) in [4.78, 5) is 2.09. The summed E-state index contributed by atoms with van der Waals surface area (Å²) in [5.41, 5.74) is 2.27. The minimum absolute atomic E-state index is 0.0128. The van der Waals surface area contributed by atoms with Crippen molar-refractivity contribution in [2.45, 2.75) is 55.7 Å². The van der Waals surface area contributed by atoms with Gasteiger partial charge in [0.25, 0.3) is 0 Å². The SMILES string of the molecule is COC1OC(CS(=O)(=O)Oc2ccc(C3C(CCC(O)c4ccc(F)cc4)CN3c3ccc(F)cc3)cc2)C(O)C(O)C1O. The summed E-state index contributed by atoms with van der Waals surface area (Å²) >= 11 is 0. The van der Waals surface area contributed by atoms with Crippen LogP contribution in [0.25, 0.3) is 0 Å². The van der Waals surface area contributed by atoms with Crippen molar-refractivity contribution in [3.8, 4) is 5.75 Å². The molecule has 2 aliphatic rings. The number of hydrogen-bond donors (Lipinski definition) is 4. The largest absolute Gasteiger partial charge is 0.388 e. The summed E-state index contributed by atoms with van der Waals surface area (Å²) in [5, 5.41) is 40.9. The third-order valence-corrected chi connectivity index (χ3v) is 9.33. The first kappa shape index (κ1) is 32.2. The van der Waals surface area contributed by atoms with E-state index in [-0.39, 0.29) is 29.3 Å². The Bertz CT molecular complexity index is 1490. The van der Waals surface area contributed by atoms with Crippen LogP contribution in [0.3, 0.4) is 0 Å². The molecule has 44 heavy (non-hydrogen) atoms. The third-order valence-electron chi connectivity index (χ3n) is 8.15. The van der Waals surface area contributed by atoms with Crippen LogP contribution >= 0.6 is 0 Å². The van der Waals surface area contributed by atoms with E-state index >= 15 is 0 Å². The maximum Gasteiger partial charge on any atom is 0.311 e. The lowest BCUT2D eigenvalue weighted by Crippen LogP contribution is -2.59. The van der Waals surface area contributed by atoms with Crippen LogP contribution in [-0.2, 0) is 19.6 Å². The highest BCUT2D eigenvalue weighted by Crippen LogP contribution is 2.45. The molecule has 8 atom stereocenters. The summed E-state index contributed by atoms with van der Waals surface area (Å²) < 4.78 is 68.0. The first-order chi connectivity index (χ1) is 21.0. The van der Waals surface area contributed by atoms with Gasteiger partial charge in [0.15, 0.2) is 6.29 Å². The van der Waals surface area contributed by atoms with E-state index in [1.165, 1.54) is 43.5 Å². The quantitative estimate of drug-likeness (QED) is 0.232. The van der Waals surface area contributed by atoms with Gasteiger partial charge in [-0.3, -0.25) is 0 Å². The van der Waals surface area contributed by atoms with Crippen LogP contribution in [0.4, 0.5) is 14.5 Å². The molecule has 3 aromatic carbocycles. The standard InChI is InChI=1S/C31H35F2NO9S/c1-41-31-30(38)29(37)28(36)26(42-31)17-44(39,40)43-24-13-4-19(5-14-24)27-20(16-34(27)23-11-9-22(33)10-12-23)6-15-25(35)18-2-7-21(32)8-3-18/h2-5,7-14,20,25-31,35-38H,6,15-17H2,1H3. The van der Waals surface area contributed by atoms with Gasteiger partial charge in [-0.05, 0) is 72.5 Å². The topological polar surface area (TPSA) is 146 Å². The molecule has 0 amide bonds. The highest BCUT2D eigenvalue weighted by molar-refractivity contribution is 7.87. The number of methoxy groups -OCH3 is 1. The number of aliphatic hydroxyl groups is 4. The third kappa shape index (κ3) is 7.20. The first-order valence-electron chi connectivity index (χ1n) is 14.2. The molecule has 0 radical (unpaired) electrons. The molecule has 2 fully saturated rings. The minimum Gasteiger partial charge on any atom is -0.388 e. The van der Waals surface area contributed by atoms with Crippen molar-refractivity contribution < 1.29 is 51.3 Å². The Morgan fingerprint density at radius 1 is 0.909 bits per heavy atom. The molecule has 13 heteroatoms. The molecule has 0 bridgehead atoms. The van der Waals surface area contributed by atoms with Gasteiger partial charge >= 0.3 is 10.1 Å². The minimum atomic E-state index is -4.31. The normalized spacial score (nSPS) is 27.9. The lowest BCUT2D eigenvalue weighted by molar-refractivity contribution is -0.285. The highest BCUT2D eigenvalue weighted by atomic mass is 32.2. The van der Waals surface area contributed by atoms with Crippen LogP contribution in [0.5, 0.6) is 5.75 Å². The van der Waals surface area contributed by atoms with E-state index in [0.717, 1.165) is 11.3 Å². The van der Waals surface area contributed by atoms with Crippen molar-refractivity contribution >= 4 is 15.8 Å². The zero-order valence-electron chi connectivity index (χ0n) is 23.8. The predicted octanol–water partition coefficient (Wildman–Crippen LogP) is 2.82. The molecule has 4 N–H and O–H groups in total. The molecule has 5 rings (SSSR count). The second-order valence-corrected chi connectivity index (χ2v) is 12.7. The van der Waals surface area contributed by atoms with Gasteiger partial charge in [-0.15, -0.1) is 0 Å². The van der Waals surface area contributed by atoms with Crippen LogP contribution in [0, 0.1) is 17.6 Å². The van der Waals surface area contributed by atoms with Crippen molar-refractivity contribution in [1.82, 2.24) is 0 Å². The van der Waals surface area contributed by atoms with E-state index < -0.39 is 52.7 Å². The zero-order valence-corrected chi connectivity index (χ0v) is 24.6. The van der Waals surface area contributed by atoms with Gasteiger partial charge in [0.1, 0.15) is 47.6 Å². The monoisotopic (exact) mass is 635 g/mol. The molecule has 3 aromatic rings. The summed E-state index contributed by atoms with van der Waals surface area (Å²) in [7, 11) is -3.10. The molecule has 0 aromatic heterocycles. The number of ether oxygens (including phenoxy) is 2. The fourth-order valence-electron chi connectivity index (χ4n) is 5.76. The number of nitrogens with zero attached hydrogens (tertiary/aromatic N) is 1. The Balaban J connectivity index is 1.27. The van der Waals surface area contributed by atoms with E-state index in [1.54, 1.807) is 36.4 Å². The zero-order chi connectivity index (χ0) is 31.6. The number of aliphatic hydroxyl groups excluding tert-OH is 4. The molecule has 238 valence electrons. The predicted molar refractivity (Wildman–Crippen MR) is 155 cm³/mol. The Morgan fingerprint density at radius 2 is 1.52 bits per heavy atom. The number of rotatable bonds is 11. The number of anilines is 1. The van der Waals surface area contributed by atoms with Gasteiger partial charge < -0.3 is 39.0 Å². The van der Waals surface area contributed by atoms with E-state index in [2.05, 4.69) is 4.90 Å². The summed E-state index contributed by atoms with van der Waals surface area (Å²) in [6.45, 7) is 0.645. The Morgan fingerprint density at radius 3 is 2.14 bits per heavy atom. The summed E-state index contributed by atoms with van der Waals surface area (Å²) in [6, 6.07) is 18.1. The van der Waals surface area contributed by atoms with E-state index in [4.69, 9.17) is 13.7 Å². The molecule has 10 nitrogen and oxygen atoms in total.